The van der Waals surface area contributed by atoms with Crippen LogP contribution in [0.4, 0.5) is 0 Å². The number of nitrogens with zero attached hydrogens (tertiary/aromatic N) is 2. The Kier molecular flexibility index (Phi) is 17.5. The summed E-state index contributed by atoms with van der Waals surface area (Å²) < 4.78 is 58.1. The monoisotopic (exact) mass is 929 g/mol. The predicted molar refractivity (Wildman–Crippen MR) is 255 cm³/mol. The Balaban J connectivity index is 0.962. The van der Waals surface area contributed by atoms with Gasteiger partial charge in [-0.3, -0.25) is 9.59 Å². The first-order chi connectivity index (χ1) is 32.3. The van der Waals surface area contributed by atoms with Crippen LogP contribution in [0.25, 0.3) is 0 Å². The summed E-state index contributed by atoms with van der Waals surface area (Å²) in [5.41, 5.74) is 8.10. The van der Waals surface area contributed by atoms with Crippen LogP contribution in [0.1, 0.15) is 77.1 Å². The van der Waals surface area contributed by atoms with Gasteiger partial charge >= 0.3 is 11.9 Å². The number of ether oxygens (including phenoxy) is 10. The lowest BCUT2D eigenvalue weighted by Gasteiger charge is -2.46. The second-order valence-electron chi connectivity index (χ2n) is 18.1. The van der Waals surface area contributed by atoms with Gasteiger partial charge in [-0.05, 0) is 84.0 Å². The molecule has 0 saturated carbocycles. The Labute approximate surface area is 397 Å². The van der Waals surface area contributed by atoms with Crippen molar-refractivity contribution >= 4 is 11.9 Å². The third kappa shape index (κ3) is 12.2. The molecule has 14 heteroatoms. The lowest BCUT2D eigenvalue weighted by Crippen LogP contribution is -2.53. The van der Waals surface area contributed by atoms with Crippen molar-refractivity contribution in [1.29, 1.82) is 0 Å². The second kappa shape index (κ2) is 23.2. The first kappa shape index (κ1) is 50.6. The highest BCUT2D eigenvalue weighted by Crippen LogP contribution is 2.44. The van der Waals surface area contributed by atoms with Gasteiger partial charge in [0.05, 0.1) is 123 Å². The molecular weight excluding hydrogens is 857 g/mol. The summed E-state index contributed by atoms with van der Waals surface area (Å²) in [5.74, 6) is 5.12. The first-order valence-corrected chi connectivity index (χ1v) is 23.3. The van der Waals surface area contributed by atoms with Crippen LogP contribution in [0.5, 0.6) is 46.0 Å². The fourth-order valence-corrected chi connectivity index (χ4v) is 9.77. The summed E-state index contributed by atoms with van der Waals surface area (Å²) in [4.78, 5) is 26.2. The van der Waals surface area contributed by atoms with E-state index in [0.29, 0.717) is 108 Å². The Bertz CT molecular complexity index is 2330. The Morgan fingerprint density at radius 3 is 1.67 bits per heavy atom. The number of fused-ring (bicyclic) bond motifs is 2. The number of esters is 2. The number of carbonyl (C=O) groups excluding carboxylic acids is 2. The maximum Gasteiger partial charge on any atom is 0.311 e. The molecule has 364 valence electrons. The van der Waals surface area contributed by atoms with Crippen molar-refractivity contribution in [3.05, 3.63) is 93.5 Å². The minimum Gasteiger partial charge on any atom is -0.493 e. The van der Waals surface area contributed by atoms with E-state index in [2.05, 4.69) is 38.4 Å². The van der Waals surface area contributed by atoms with Crippen molar-refractivity contribution in [3.63, 3.8) is 0 Å². The maximum atomic E-state index is 13.2. The number of hydrogen-bond donors (Lipinski definition) is 0. The van der Waals surface area contributed by atoms with Gasteiger partial charge in [0.2, 0.25) is 0 Å². The highest BCUT2D eigenvalue weighted by atomic mass is 16.5. The summed E-state index contributed by atoms with van der Waals surface area (Å²) >= 11 is 0. The lowest BCUT2D eigenvalue weighted by molar-refractivity contribution is -0.940. The predicted octanol–water partition coefficient (Wildman–Crippen LogP) is 7.87. The van der Waals surface area contributed by atoms with Gasteiger partial charge < -0.3 is 56.3 Å². The van der Waals surface area contributed by atoms with E-state index in [9.17, 15) is 9.59 Å². The molecule has 3 atom stereocenters. The Morgan fingerprint density at radius 2 is 1.07 bits per heavy atom. The van der Waals surface area contributed by atoms with Crippen LogP contribution in [0.15, 0.2) is 54.6 Å². The van der Waals surface area contributed by atoms with Crippen LogP contribution in [-0.4, -0.2) is 131 Å². The summed E-state index contributed by atoms with van der Waals surface area (Å²) in [7, 11) is 17.6. The van der Waals surface area contributed by atoms with Crippen molar-refractivity contribution in [2.75, 3.05) is 110 Å². The maximum absolute atomic E-state index is 13.2. The zero-order valence-corrected chi connectivity index (χ0v) is 41.4. The van der Waals surface area contributed by atoms with Crippen LogP contribution in [0.2, 0.25) is 0 Å². The molecular formula is C53H72N2O12+2. The molecule has 2 heterocycles. The summed E-state index contributed by atoms with van der Waals surface area (Å²) in [5, 5.41) is 0. The molecule has 0 amide bonds. The molecule has 0 aliphatic carbocycles. The molecule has 14 nitrogen and oxygen atoms in total. The number of unbranched alkanes of at least 4 members (excludes halogenated alkanes) is 2. The number of rotatable bonds is 24. The highest BCUT2D eigenvalue weighted by molar-refractivity contribution is 5.70. The van der Waals surface area contributed by atoms with Gasteiger partial charge in [-0.25, -0.2) is 0 Å². The van der Waals surface area contributed by atoms with E-state index in [4.69, 9.17) is 47.4 Å². The van der Waals surface area contributed by atoms with Gasteiger partial charge in [-0.2, -0.15) is 0 Å². The van der Waals surface area contributed by atoms with Gasteiger partial charge in [0.15, 0.2) is 46.0 Å². The normalized spacial score (nSPS) is 18.4. The number of likely N-dealkylation sites (N-methyl/N-ethyl adjacent to an activating group) is 2. The SMILES string of the molecule is COc1ccc(Cc2c3c(cc(OC)c2OC)CC[N@+](C)(CCC(=O)OCCCCCOC(=O)CC[N@@+]2(C)CCc4cc(OC)c(OC)cc4[C@H]2Cc2ccc(OC)c(OC)c2)C3)cc1OC. The van der Waals surface area contributed by atoms with Crippen LogP contribution >= 0.6 is 0 Å². The van der Waals surface area contributed by atoms with Crippen molar-refractivity contribution in [2.24, 2.45) is 0 Å². The Morgan fingerprint density at radius 1 is 0.552 bits per heavy atom. The van der Waals surface area contributed by atoms with E-state index < -0.39 is 0 Å². The van der Waals surface area contributed by atoms with E-state index in [1.165, 1.54) is 22.3 Å². The van der Waals surface area contributed by atoms with Gasteiger partial charge in [-0.1, -0.05) is 12.1 Å². The van der Waals surface area contributed by atoms with Crippen molar-refractivity contribution in [1.82, 2.24) is 0 Å². The molecule has 0 aromatic heterocycles. The second-order valence-corrected chi connectivity index (χ2v) is 18.1. The molecule has 2 aliphatic rings. The number of hydrogen-bond acceptors (Lipinski definition) is 12. The zero-order valence-electron chi connectivity index (χ0n) is 41.4. The third-order valence-electron chi connectivity index (χ3n) is 13.8. The number of benzene rings is 4. The van der Waals surface area contributed by atoms with E-state index in [-0.39, 0.29) is 18.0 Å². The van der Waals surface area contributed by atoms with Crippen LogP contribution in [0.3, 0.4) is 0 Å². The smallest absolute Gasteiger partial charge is 0.311 e. The molecule has 6 rings (SSSR count). The van der Waals surface area contributed by atoms with Crippen LogP contribution in [0, 0.1) is 0 Å². The molecule has 2 aliphatic heterocycles. The Hall–Kier alpha value is -5.86. The van der Waals surface area contributed by atoms with E-state index >= 15 is 0 Å². The quantitative estimate of drug-likeness (QED) is 0.0386. The molecule has 67 heavy (non-hydrogen) atoms. The van der Waals surface area contributed by atoms with Crippen LogP contribution in [-0.2, 0) is 51.3 Å². The molecule has 4 aromatic carbocycles. The van der Waals surface area contributed by atoms with Crippen molar-refractivity contribution in [3.8, 4) is 46.0 Å². The first-order valence-electron chi connectivity index (χ1n) is 23.3. The van der Waals surface area contributed by atoms with Gasteiger partial charge in [-0.15, -0.1) is 0 Å². The molecule has 4 aromatic rings. The fraction of sp³-hybridized carbons (Fsp3) is 0.509. The molecule has 0 saturated heterocycles. The summed E-state index contributed by atoms with van der Waals surface area (Å²) in [6.07, 6.45) is 5.83. The average Bonchev–Trinajstić information content (AvgIpc) is 3.35. The summed E-state index contributed by atoms with van der Waals surface area (Å²) in [6.45, 7) is 4.43. The topological polar surface area (TPSA) is 126 Å². The molecule has 0 fully saturated rings. The molecule has 0 spiro atoms. The van der Waals surface area contributed by atoms with E-state index in [0.717, 1.165) is 67.8 Å². The number of carbonyl (C=O) groups is 2. The molecule has 0 bridgehead atoms. The van der Waals surface area contributed by atoms with Gasteiger partial charge in [0.25, 0.3) is 0 Å². The zero-order chi connectivity index (χ0) is 48.1. The number of methoxy groups -OCH3 is 8. The van der Waals surface area contributed by atoms with Crippen molar-refractivity contribution in [2.45, 2.75) is 70.4 Å². The van der Waals surface area contributed by atoms with Gasteiger partial charge in [0, 0.05) is 42.4 Å². The van der Waals surface area contributed by atoms with E-state index in [1.807, 2.05) is 30.3 Å². The lowest BCUT2D eigenvalue weighted by atomic mass is 9.86. The highest BCUT2D eigenvalue weighted by Gasteiger charge is 2.41. The number of quaternary nitrogens is 2. The van der Waals surface area contributed by atoms with Gasteiger partial charge in [0.1, 0.15) is 12.6 Å². The molecule has 0 unspecified atom stereocenters. The summed E-state index contributed by atoms with van der Waals surface area (Å²) in [6, 6.07) is 18.3. The standard InChI is InChI=1S/C53H72N2O12/c1-54(22-18-39-33-50(64-9)53(65-10)41(42(39)35-54)28-36-14-16-44(58-3)46(30-36)60-5)23-20-51(56)66-26-12-11-13-27-67-52(57)21-25-55(2)24-19-38-32-48(62-7)49(63-8)34-40(38)43(55)29-37-15-17-45(59-4)47(31-37)61-6/h14-17,30-34,43H,11-13,18-29,35H2,1-10H3/q+2/t43-,54-,55-/m1/s1. The molecule has 0 N–H and O–H groups in total. The largest absolute Gasteiger partial charge is 0.493 e. The van der Waals surface area contributed by atoms with Crippen LogP contribution < -0.4 is 37.9 Å². The minimum atomic E-state index is -0.212. The van der Waals surface area contributed by atoms with Crippen molar-refractivity contribution < 1.29 is 65.9 Å². The van der Waals surface area contributed by atoms with E-state index in [1.54, 1.807) is 56.9 Å². The third-order valence-corrected chi connectivity index (χ3v) is 13.8. The fourth-order valence-electron chi connectivity index (χ4n) is 9.77. The molecule has 0 radical (unpaired) electrons. The average molecular weight is 929 g/mol. The minimum absolute atomic E-state index is 0.0427.